The van der Waals surface area contributed by atoms with Gasteiger partial charge in [-0.25, -0.2) is 9.78 Å². The van der Waals surface area contributed by atoms with Crippen molar-refractivity contribution in [3.05, 3.63) is 28.5 Å². The number of fused-ring (bicyclic) bond motifs is 4. The molecule has 0 radical (unpaired) electrons. The molecule has 4 heterocycles. The van der Waals surface area contributed by atoms with Crippen molar-refractivity contribution in [1.29, 1.82) is 0 Å². The lowest BCUT2D eigenvalue weighted by Crippen LogP contribution is -2.50. The molecular formula is C13H14N8O7S2. The average Bonchev–Trinajstić information content (AvgIpc) is 3.33. The first-order valence-electron chi connectivity index (χ1n) is 8.16. The number of thiazole rings is 1. The van der Waals surface area contributed by atoms with Crippen LogP contribution < -0.4 is 16.6 Å². The molecule has 1 saturated heterocycles. The molecule has 0 aliphatic carbocycles. The normalized spacial score (nSPS) is 20.3. The summed E-state index contributed by atoms with van der Waals surface area (Å²) in [5, 5.41) is 6.07. The van der Waals surface area contributed by atoms with Crippen LogP contribution in [0.25, 0.3) is 0 Å². The lowest BCUT2D eigenvalue weighted by atomic mass is 9.97. The van der Waals surface area contributed by atoms with E-state index in [2.05, 4.69) is 25.2 Å². The Morgan fingerprint density at radius 2 is 2.13 bits per heavy atom. The van der Waals surface area contributed by atoms with Crippen LogP contribution in [0.15, 0.2) is 11.6 Å². The van der Waals surface area contributed by atoms with E-state index < -0.39 is 40.3 Å². The Labute approximate surface area is 172 Å². The quantitative estimate of drug-likeness (QED) is 0.308. The third-order valence-electron chi connectivity index (χ3n) is 4.51. The van der Waals surface area contributed by atoms with E-state index in [1.165, 1.54) is 23.3 Å². The molecule has 17 heteroatoms. The first-order chi connectivity index (χ1) is 14.1. The smallest absolute Gasteiger partial charge is 0.375 e. The van der Waals surface area contributed by atoms with Gasteiger partial charge in [0.25, 0.3) is 11.8 Å². The maximum Gasteiger partial charge on any atom is 0.418 e. The molecule has 2 atom stereocenters. The first-order valence-corrected chi connectivity index (χ1v) is 10.4. The van der Waals surface area contributed by atoms with Crippen LogP contribution in [0.3, 0.4) is 0 Å². The van der Waals surface area contributed by atoms with Crippen LogP contribution in [-0.2, 0) is 26.5 Å². The molecule has 15 nitrogen and oxygen atoms in total. The van der Waals surface area contributed by atoms with Gasteiger partial charge in [0.2, 0.25) is 0 Å². The fourth-order valence-corrected chi connectivity index (χ4v) is 4.25. The molecule has 5 N–H and O–H groups in total. The number of carbonyl (C=O) groups is 3. The summed E-state index contributed by atoms with van der Waals surface area (Å²) in [5.41, 5.74) is 10.5. The first kappa shape index (κ1) is 20.0. The molecule has 4 amide bonds. The highest BCUT2D eigenvalue weighted by Gasteiger charge is 2.53. The molecule has 2 bridgehead atoms. The minimum atomic E-state index is -4.99. The number of nitrogens with one attached hydrogen (secondary N) is 2. The van der Waals surface area contributed by atoms with Gasteiger partial charge >= 0.3 is 16.4 Å². The number of aromatic nitrogens is 3. The molecule has 2 aromatic heterocycles. The molecule has 160 valence electrons. The molecule has 0 unspecified atom stereocenters. The highest BCUT2D eigenvalue weighted by atomic mass is 32.3. The molecule has 2 aromatic rings. The van der Waals surface area contributed by atoms with Gasteiger partial charge in [0.1, 0.15) is 11.7 Å². The summed E-state index contributed by atoms with van der Waals surface area (Å²) in [6.07, 6.45) is 1.35. The van der Waals surface area contributed by atoms with Crippen LogP contribution in [0.4, 0.5) is 9.93 Å². The molecule has 30 heavy (non-hydrogen) atoms. The molecule has 0 saturated carbocycles. The van der Waals surface area contributed by atoms with Crippen molar-refractivity contribution in [3.8, 4) is 0 Å². The number of amides is 4. The fourth-order valence-electron chi connectivity index (χ4n) is 3.34. The van der Waals surface area contributed by atoms with Crippen LogP contribution in [0.5, 0.6) is 0 Å². The zero-order valence-electron chi connectivity index (χ0n) is 15.0. The Morgan fingerprint density at radius 1 is 1.40 bits per heavy atom. The van der Waals surface area contributed by atoms with Crippen molar-refractivity contribution < 1.29 is 31.6 Å². The lowest BCUT2D eigenvalue weighted by molar-refractivity contribution is -0.126. The number of urea groups is 1. The van der Waals surface area contributed by atoms with E-state index in [0.717, 1.165) is 16.2 Å². The van der Waals surface area contributed by atoms with Gasteiger partial charge in [-0.15, -0.1) is 15.6 Å². The predicted octanol–water partition coefficient (Wildman–Crippen LogP) is -1.51. The Bertz CT molecular complexity index is 1160. The van der Waals surface area contributed by atoms with Crippen molar-refractivity contribution in [2.24, 2.45) is 7.05 Å². The van der Waals surface area contributed by atoms with Gasteiger partial charge < -0.3 is 10.6 Å². The maximum absolute atomic E-state index is 12.8. The summed E-state index contributed by atoms with van der Waals surface area (Å²) in [5.74, 6) is -1.52. The summed E-state index contributed by atoms with van der Waals surface area (Å²) < 4.78 is 37.0. The second kappa shape index (κ2) is 6.90. The van der Waals surface area contributed by atoms with Crippen molar-refractivity contribution in [1.82, 2.24) is 35.6 Å². The van der Waals surface area contributed by atoms with Crippen LogP contribution >= 0.6 is 11.3 Å². The van der Waals surface area contributed by atoms with Gasteiger partial charge in [0.05, 0.1) is 18.4 Å². The minimum Gasteiger partial charge on any atom is -0.375 e. The van der Waals surface area contributed by atoms with Gasteiger partial charge in [-0.3, -0.25) is 29.7 Å². The van der Waals surface area contributed by atoms with Crippen LogP contribution in [0.1, 0.15) is 33.8 Å². The number of anilines is 1. The lowest BCUT2D eigenvalue weighted by Gasteiger charge is -2.30. The van der Waals surface area contributed by atoms with Gasteiger partial charge in [-0.2, -0.15) is 18.6 Å². The molecule has 2 aliphatic heterocycles. The van der Waals surface area contributed by atoms with Crippen molar-refractivity contribution >= 4 is 44.7 Å². The molecule has 4 rings (SSSR count). The Kier molecular flexibility index (Phi) is 4.60. The zero-order chi connectivity index (χ0) is 21.8. The number of nitrogens with zero attached hydrogens (tertiary/aromatic N) is 5. The monoisotopic (exact) mass is 458 g/mol. The summed E-state index contributed by atoms with van der Waals surface area (Å²) in [7, 11) is -3.46. The summed E-state index contributed by atoms with van der Waals surface area (Å²) >= 11 is 1.04. The predicted molar refractivity (Wildman–Crippen MR) is 97.4 cm³/mol. The maximum atomic E-state index is 12.8. The van der Waals surface area contributed by atoms with Gasteiger partial charge in [-0.1, -0.05) is 0 Å². The van der Waals surface area contributed by atoms with E-state index in [1.54, 1.807) is 0 Å². The van der Waals surface area contributed by atoms with E-state index >= 15 is 0 Å². The molecule has 0 aromatic carbocycles. The number of rotatable bonds is 4. The Hall–Kier alpha value is -3.28. The molecular weight excluding hydrogens is 444 g/mol. The average molecular weight is 458 g/mol. The highest BCUT2D eigenvalue weighted by molar-refractivity contribution is 7.80. The number of nitrogens with two attached hydrogens (primary N) is 1. The third kappa shape index (κ3) is 3.32. The van der Waals surface area contributed by atoms with E-state index in [-0.39, 0.29) is 23.1 Å². The second-order valence-corrected chi connectivity index (χ2v) is 8.20. The molecule has 1 fully saturated rings. The van der Waals surface area contributed by atoms with Crippen molar-refractivity contribution in [3.63, 3.8) is 0 Å². The van der Waals surface area contributed by atoms with Crippen LogP contribution in [0.2, 0.25) is 0 Å². The minimum absolute atomic E-state index is 0.00675. The van der Waals surface area contributed by atoms with E-state index in [9.17, 15) is 22.8 Å². The number of hydrogen-bond donors (Lipinski definition) is 4. The third-order valence-corrected chi connectivity index (χ3v) is 5.53. The van der Waals surface area contributed by atoms with Crippen LogP contribution in [-0.4, -0.2) is 62.1 Å². The van der Waals surface area contributed by atoms with Gasteiger partial charge in [0, 0.05) is 18.0 Å². The number of aryl methyl sites for hydroxylation is 1. The van der Waals surface area contributed by atoms with Crippen LogP contribution in [0, 0.1) is 0 Å². The SMILES string of the molecule is Cn1ncc2c1[C@@H](C(=O)NNC(=O)c1csc(N)n1)N1C[C@@H]2N(OS(=O)(=O)O)C1=O. The van der Waals surface area contributed by atoms with Crippen molar-refractivity contribution in [2.75, 3.05) is 12.3 Å². The standard InChI is InChI=1S/C13H14N8O7S2/c1-19-8-5(2-15-19)7-3-20(13(24)21(7)28-30(25,26)27)9(8)11(23)18-17-10(22)6-4-29-12(14)16-6/h2,4,7,9H,3H2,1H3,(H2,14,16)(H,17,22)(H,18,23)(H,25,26,27)/t7-,9-/m0/s1. The molecule has 0 spiro atoms. The van der Waals surface area contributed by atoms with Gasteiger partial charge in [-0.05, 0) is 0 Å². The highest BCUT2D eigenvalue weighted by Crippen LogP contribution is 2.43. The largest absolute Gasteiger partial charge is 0.418 e. The number of hydrogen-bond acceptors (Lipinski definition) is 10. The van der Waals surface area contributed by atoms with Crippen molar-refractivity contribution in [2.45, 2.75) is 12.1 Å². The zero-order valence-corrected chi connectivity index (χ0v) is 16.7. The second-order valence-electron chi connectivity index (χ2n) is 6.30. The van der Waals surface area contributed by atoms with Gasteiger partial charge in [0.15, 0.2) is 11.2 Å². The topological polar surface area (TPSA) is 202 Å². The number of carbonyl (C=O) groups excluding carboxylic acids is 3. The summed E-state index contributed by atoms with van der Waals surface area (Å²) in [4.78, 5) is 42.4. The van der Waals surface area contributed by atoms with E-state index in [1.807, 2.05) is 0 Å². The summed E-state index contributed by atoms with van der Waals surface area (Å²) in [6.45, 7) is -0.109. The van der Waals surface area contributed by atoms with E-state index in [4.69, 9.17) is 10.3 Å². The number of nitrogen functional groups attached to an aromatic ring is 1. The Balaban J connectivity index is 1.59. The summed E-state index contributed by atoms with van der Waals surface area (Å²) in [6, 6.07) is -3.14. The number of hydrazine groups is 1. The fraction of sp³-hybridized carbons (Fsp3) is 0.308. The Morgan fingerprint density at radius 3 is 2.77 bits per heavy atom. The molecule has 2 aliphatic rings. The number of hydroxylamine groups is 2. The van der Waals surface area contributed by atoms with E-state index in [0.29, 0.717) is 10.6 Å².